The SMILES string of the molecule is COc1cccc(-c2ccc(C3(O)CCCN(C(=O)CC(O)(CC(=O)O)C(=O)O)C3)cc2)c1.[Na].[Na]. The van der Waals surface area contributed by atoms with Crippen LogP contribution in [0.2, 0.25) is 0 Å². The van der Waals surface area contributed by atoms with Gasteiger partial charge in [-0.25, -0.2) is 4.79 Å². The standard InChI is InChI=1S/C24H27NO8.2Na/c1-33-19-5-2-4-17(12-19)16-6-8-18(9-7-16)23(31)10-3-11-25(15-23)20(26)13-24(32,22(29)30)14-21(27)28;;/h2,4-9,12,31-32H,3,10-11,13-15H2,1H3,(H,27,28)(H,29,30);;. The zero-order valence-electron chi connectivity index (χ0n) is 20.2. The normalized spacial score (nSPS) is 18.9. The first-order valence-electron chi connectivity index (χ1n) is 10.5. The molecule has 0 aromatic heterocycles. The Labute approximate surface area is 247 Å². The molecule has 2 aromatic rings. The molecule has 2 radical (unpaired) electrons. The number of ether oxygens (including phenoxy) is 1. The number of carboxylic acid groups (broad SMARTS) is 2. The predicted octanol–water partition coefficient (Wildman–Crippen LogP) is 1.09. The maximum atomic E-state index is 12.7. The minimum Gasteiger partial charge on any atom is -0.497 e. The maximum Gasteiger partial charge on any atom is 0.336 e. The van der Waals surface area contributed by atoms with Gasteiger partial charge in [0.25, 0.3) is 0 Å². The third-order valence-corrected chi connectivity index (χ3v) is 5.93. The van der Waals surface area contributed by atoms with Crippen LogP contribution < -0.4 is 4.74 Å². The number of hydrogen-bond acceptors (Lipinski definition) is 6. The van der Waals surface area contributed by atoms with Gasteiger partial charge in [0.2, 0.25) is 5.91 Å². The molecule has 1 saturated heterocycles. The molecule has 35 heavy (non-hydrogen) atoms. The number of β-amino-alcohol motifs (C(OH)–C–C–N with tert-alkyl or cyclic N) is 1. The Morgan fingerprint density at radius 3 is 2.26 bits per heavy atom. The van der Waals surface area contributed by atoms with Crippen molar-refractivity contribution in [1.82, 2.24) is 4.90 Å². The Hall–Kier alpha value is -1.43. The van der Waals surface area contributed by atoms with Crippen molar-refractivity contribution in [3.8, 4) is 16.9 Å². The molecule has 2 aromatic carbocycles. The van der Waals surface area contributed by atoms with Crippen LogP contribution in [0.5, 0.6) is 5.75 Å². The van der Waals surface area contributed by atoms with Gasteiger partial charge in [0, 0.05) is 65.7 Å². The van der Waals surface area contributed by atoms with Gasteiger partial charge in [-0.05, 0) is 41.7 Å². The van der Waals surface area contributed by atoms with Crippen molar-refractivity contribution in [2.24, 2.45) is 0 Å². The Kier molecular flexibility index (Phi) is 11.9. The van der Waals surface area contributed by atoms with E-state index in [1.54, 1.807) is 19.2 Å². The Morgan fingerprint density at radius 1 is 1.03 bits per heavy atom. The number of nitrogens with zero attached hydrogens (tertiary/aromatic N) is 1. The monoisotopic (exact) mass is 503 g/mol. The number of carbonyl (C=O) groups is 3. The van der Waals surface area contributed by atoms with E-state index in [0.717, 1.165) is 16.9 Å². The topological polar surface area (TPSA) is 145 Å². The number of amides is 1. The fraction of sp³-hybridized carbons (Fsp3) is 0.375. The van der Waals surface area contributed by atoms with Crippen LogP contribution in [0, 0.1) is 0 Å². The summed E-state index contributed by atoms with van der Waals surface area (Å²) in [6, 6.07) is 14.8. The summed E-state index contributed by atoms with van der Waals surface area (Å²) in [5.41, 5.74) is -1.60. The van der Waals surface area contributed by atoms with Crippen molar-refractivity contribution in [2.45, 2.75) is 36.9 Å². The zero-order valence-corrected chi connectivity index (χ0v) is 24.2. The van der Waals surface area contributed by atoms with Gasteiger partial charge in [0.05, 0.1) is 26.5 Å². The molecule has 11 heteroatoms. The van der Waals surface area contributed by atoms with Crippen LogP contribution in [-0.2, 0) is 20.0 Å². The Bertz CT molecular complexity index is 1050. The molecule has 0 bridgehead atoms. The summed E-state index contributed by atoms with van der Waals surface area (Å²) >= 11 is 0. The van der Waals surface area contributed by atoms with Crippen molar-refractivity contribution in [3.63, 3.8) is 0 Å². The molecule has 178 valence electrons. The first kappa shape index (κ1) is 31.6. The number of carbonyl (C=O) groups excluding carboxylic acids is 1. The molecule has 9 nitrogen and oxygen atoms in total. The van der Waals surface area contributed by atoms with Gasteiger partial charge in [-0.15, -0.1) is 0 Å². The summed E-state index contributed by atoms with van der Waals surface area (Å²) in [5.74, 6) is -3.31. The Morgan fingerprint density at radius 2 is 1.69 bits per heavy atom. The number of likely N-dealkylation sites (tertiary alicyclic amines) is 1. The van der Waals surface area contributed by atoms with Gasteiger partial charge in [-0.3, -0.25) is 9.59 Å². The van der Waals surface area contributed by atoms with E-state index in [4.69, 9.17) is 9.84 Å². The fourth-order valence-corrected chi connectivity index (χ4v) is 4.09. The first-order valence-corrected chi connectivity index (χ1v) is 10.5. The molecule has 1 aliphatic rings. The molecule has 0 spiro atoms. The Balaban J connectivity index is 0.00000306. The van der Waals surface area contributed by atoms with Crippen LogP contribution in [0.25, 0.3) is 11.1 Å². The first-order chi connectivity index (χ1) is 15.6. The molecule has 1 amide bonds. The van der Waals surface area contributed by atoms with Crippen LogP contribution in [0.4, 0.5) is 0 Å². The molecule has 4 N–H and O–H groups in total. The molecule has 1 heterocycles. The van der Waals surface area contributed by atoms with E-state index in [0.29, 0.717) is 18.4 Å². The van der Waals surface area contributed by atoms with Crippen LogP contribution >= 0.6 is 0 Å². The van der Waals surface area contributed by atoms with Gasteiger partial charge in [0.15, 0.2) is 5.60 Å². The van der Waals surface area contributed by atoms with Crippen molar-refractivity contribution in [3.05, 3.63) is 54.1 Å². The third kappa shape index (κ3) is 7.77. The average Bonchev–Trinajstić information content (AvgIpc) is 2.78. The smallest absolute Gasteiger partial charge is 0.336 e. The molecule has 2 atom stereocenters. The van der Waals surface area contributed by atoms with Crippen molar-refractivity contribution in [2.75, 3.05) is 20.2 Å². The fourth-order valence-electron chi connectivity index (χ4n) is 4.09. The van der Waals surface area contributed by atoms with E-state index in [9.17, 15) is 29.7 Å². The van der Waals surface area contributed by atoms with Crippen molar-refractivity contribution >= 4 is 77.0 Å². The average molecular weight is 503 g/mol. The summed E-state index contributed by atoms with van der Waals surface area (Å²) in [7, 11) is 1.59. The quantitative estimate of drug-likeness (QED) is 0.392. The van der Waals surface area contributed by atoms with Gasteiger partial charge in [0.1, 0.15) is 11.4 Å². The molecule has 1 aliphatic heterocycles. The van der Waals surface area contributed by atoms with E-state index in [1.165, 1.54) is 4.90 Å². The minimum atomic E-state index is -2.71. The number of benzene rings is 2. The zero-order chi connectivity index (χ0) is 24.2. The van der Waals surface area contributed by atoms with Gasteiger partial charge in [-0.1, -0.05) is 36.4 Å². The summed E-state index contributed by atoms with van der Waals surface area (Å²) in [4.78, 5) is 36.3. The van der Waals surface area contributed by atoms with Crippen molar-refractivity contribution < 1.29 is 39.5 Å². The summed E-state index contributed by atoms with van der Waals surface area (Å²) in [6.45, 7) is 0.179. The van der Waals surface area contributed by atoms with Crippen LogP contribution in [-0.4, -0.2) is 128 Å². The van der Waals surface area contributed by atoms with E-state index >= 15 is 0 Å². The number of piperidine rings is 1. The van der Waals surface area contributed by atoms with Crippen LogP contribution in [0.1, 0.15) is 31.2 Å². The number of aliphatic carboxylic acids is 2. The number of rotatable bonds is 8. The van der Waals surface area contributed by atoms with E-state index in [1.807, 2.05) is 36.4 Å². The molecule has 1 fully saturated rings. The second-order valence-corrected chi connectivity index (χ2v) is 8.34. The number of carboxylic acids is 2. The largest absolute Gasteiger partial charge is 0.497 e. The molecule has 0 aliphatic carbocycles. The molecule has 0 saturated carbocycles. The number of methoxy groups -OCH3 is 1. The second-order valence-electron chi connectivity index (χ2n) is 8.34. The van der Waals surface area contributed by atoms with E-state index < -0.39 is 41.9 Å². The summed E-state index contributed by atoms with van der Waals surface area (Å²) < 4.78 is 5.25. The van der Waals surface area contributed by atoms with E-state index in [2.05, 4.69) is 0 Å². The number of hydrogen-bond donors (Lipinski definition) is 4. The minimum absolute atomic E-state index is 0. The molecular formula is C24H27NNa2O8. The maximum absolute atomic E-state index is 12.7. The predicted molar refractivity (Wildman–Crippen MR) is 129 cm³/mol. The van der Waals surface area contributed by atoms with Crippen molar-refractivity contribution in [1.29, 1.82) is 0 Å². The van der Waals surface area contributed by atoms with Crippen LogP contribution in [0.3, 0.4) is 0 Å². The molecule has 2 unspecified atom stereocenters. The number of aliphatic hydroxyl groups is 2. The van der Waals surface area contributed by atoms with Gasteiger partial charge in [-0.2, -0.15) is 0 Å². The second kappa shape index (κ2) is 13.2. The van der Waals surface area contributed by atoms with Gasteiger partial charge < -0.3 is 30.1 Å². The summed E-state index contributed by atoms with van der Waals surface area (Å²) in [5, 5.41) is 39.6. The van der Waals surface area contributed by atoms with Gasteiger partial charge >= 0.3 is 11.9 Å². The summed E-state index contributed by atoms with van der Waals surface area (Å²) in [6.07, 6.45) is -1.13. The molecular weight excluding hydrogens is 476 g/mol. The van der Waals surface area contributed by atoms with Crippen LogP contribution in [0.15, 0.2) is 48.5 Å². The van der Waals surface area contributed by atoms with E-state index in [-0.39, 0.29) is 72.2 Å². The molecule has 3 rings (SSSR count). The third-order valence-electron chi connectivity index (χ3n) is 5.93.